The highest BCUT2D eigenvalue weighted by Crippen LogP contribution is 2.28. The minimum absolute atomic E-state index is 0.242. The van der Waals surface area contributed by atoms with Gasteiger partial charge in [-0.25, -0.2) is 4.79 Å². The molecule has 4 nitrogen and oxygen atoms in total. The molecule has 5 heteroatoms. The molecule has 0 heterocycles. The maximum atomic E-state index is 11.3. The Hall–Kier alpha value is -2.33. The van der Waals surface area contributed by atoms with E-state index in [2.05, 4.69) is 4.74 Å². The van der Waals surface area contributed by atoms with Crippen molar-refractivity contribution in [1.82, 2.24) is 0 Å². The summed E-state index contributed by atoms with van der Waals surface area (Å²) in [6, 6.07) is 11.8. The number of halogens is 1. The topological polar surface area (TPSA) is 52.6 Å². The van der Waals surface area contributed by atoms with E-state index in [1.54, 1.807) is 42.5 Å². The molecule has 0 aliphatic rings. The van der Waals surface area contributed by atoms with Gasteiger partial charge in [-0.1, -0.05) is 29.8 Å². The number of carbonyl (C=O) groups excluding carboxylic acids is 2. The number of rotatable bonds is 5. The standard InChI is InChI=1S/C16H13ClO4/c1-20-16(19)12-7-5-11(6-8-12)10-21-15-13(9-18)3-2-4-14(15)17/h2-9H,10H2,1H3. The van der Waals surface area contributed by atoms with E-state index in [0.717, 1.165) is 5.56 Å². The van der Waals surface area contributed by atoms with Crippen molar-refractivity contribution in [3.05, 3.63) is 64.2 Å². The fraction of sp³-hybridized carbons (Fsp3) is 0.125. The molecule has 0 N–H and O–H groups in total. The van der Waals surface area contributed by atoms with E-state index in [0.29, 0.717) is 28.2 Å². The lowest BCUT2D eigenvalue weighted by Gasteiger charge is -2.10. The summed E-state index contributed by atoms with van der Waals surface area (Å²) in [5.41, 5.74) is 1.71. The summed E-state index contributed by atoms with van der Waals surface area (Å²) in [4.78, 5) is 22.3. The van der Waals surface area contributed by atoms with Crippen molar-refractivity contribution >= 4 is 23.9 Å². The van der Waals surface area contributed by atoms with Crippen LogP contribution in [0.3, 0.4) is 0 Å². The van der Waals surface area contributed by atoms with E-state index in [1.807, 2.05) is 0 Å². The number of esters is 1. The molecule has 0 unspecified atom stereocenters. The number of para-hydroxylation sites is 1. The van der Waals surface area contributed by atoms with E-state index in [9.17, 15) is 9.59 Å². The van der Waals surface area contributed by atoms with Crippen molar-refractivity contribution in [3.8, 4) is 5.75 Å². The highest BCUT2D eigenvalue weighted by atomic mass is 35.5. The molecule has 0 aliphatic heterocycles. The second-order valence-corrected chi connectivity index (χ2v) is 4.66. The molecule has 0 aromatic heterocycles. The molecule has 2 rings (SSSR count). The van der Waals surface area contributed by atoms with Crippen LogP contribution in [0.5, 0.6) is 5.75 Å². The molecule has 0 radical (unpaired) electrons. The van der Waals surface area contributed by atoms with Crippen molar-refractivity contribution in [2.45, 2.75) is 6.61 Å². The Bertz CT molecular complexity index is 650. The van der Waals surface area contributed by atoms with Crippen LogP contribution in [0.2, 0.25) is 5.02 Å². The van der Waals surface area contributed by atoms with E-state index < -0.39 is 5.97 Å². The molecule has 108 valence electrons. The van der Waals surface area contributed by atoms with Crippen LogP contribution in [0, 0.1) is 0 Å². The molecule has 0 atom stereocenters. The molecule has 0 aliphatic carbocycles. The number of carbonyl (C=O) groups is 2. The predicted molar refractivity (Wildman–Crippen MR) is 79.0 cm³/mol. The Labute approximate surface area is 127 Å². The van der Waals surface area contributed by atoms with Crippen molar-refractivity contribution in [1.29, 1.82) is 0 Å². The van der Waals surface area contributed by atoms with Gasteiger partial charge in [0.1, 0.15) is 12.4 Å². The maximum Gasteiger partial charge on any atom is 0.337 e. The maximum absolute atomic E-state index is 11.3. The average Bonchev–Trinajstić information content (AvgIpc) is 2.53. The van der Waals surface area contributed by atoms with Crippen molar-refractivity contribution in [2.24, 2.45) is 0 Å². The van der Waals surface area contributed by atoms with Gasteiger partial charge in [-0.15, -0.1) is 0 Å². The Balaban J connectivity index is 2.10. The Kier molecular flexibility index (Phi) is 4.95. The van der Waals surface area contributed by atoms with Gasteiger partial charge in [0.2, 0.25) is 0 Å². The molecule has 0 spiro atoms. The molecular formula is C16H13ClO4. The summed E-state index contributed by atoms with van der Waals surface area (Å²) in [5.74, 6) is -0.0389. The summed E-state index contributed by atoms with van der Waals surface area (Å²) in [6.07, 6.45) is 0.696. The van der Waals surface area contributed by atoms with Gasteiger partial charge in [0, 0.05) is 0 Å². The van der Waals surface area contributed by atoms with E-state index in [1.165, 1.54) is 7.11 Å². The zero-order valence-electron chi connectivity index (χ0n) is 11.3. The lowest BCUT2D eigenvalue weighted by Crippen LogP contribution is -2.02. The molecule has 0 amide bonds. The summed E-state index contributed by atoms with van der Waals surface area (Å²) >= 11 is 6.01. The SMILES string of the molecule is COC(=O)c1ccc(COc2c(Cl)cccc2C=O)cc1. The number of hydrogen-bond acceptors (Lipinski definition) is 4. The molecule has 2 aromatic rings. The van der Waals surface area contributed by atoms with Gasteiger partial charge < -0.3 is 9.47 Å². The first-order valence-corrected chi connectivity index (χ1v) is 6.57. The first kappa shape index (κ1) is 15.1. The first-order valence-electron chi connectivity index (χ1n) is 6.19. The molecular weight excluding hydrogens is 292 g/mol. The smallest absolute Gasteiger partial charge is 0.337 e. The molecule has 0 bridgehead atoms. The van der Waals surface area contributed by atoms with Gasteiger partial charge in [0.05, 0.1) is 23.3 Å². The minimum atomic E-state index is -0.392. The van der Waals surface area contributed by atoms with Crippen LogP contribution in [0.4, 0.5) is 0 Å². The van der Waals surface area contributed by atoms with Gasteiger partial charge >= 0.3 is 5.97 Å². The second-order valence-electron chi connectivity index (χ2n) is 4.25. The first-order chi connectivity index (χ1) is 10.2. The van der Waals surface area contributed by atoms with Crippen LogP contribution in [0.15, 0.2) is 42.5 Å². The van der Waals surface area contributed by atoms with Gasteiger partial charge in [-0.2, -0.15) is 0 Å². The zero-order valence-corrected chi connectivity index (χ0v) is 12.1. The van der Waals surface area contributed by atoms with Crippen LogP contribution in [-0.4, -0.2) is 19.4 Å². The van der Waals surface area contributed by atoms with Gasteiger partial charge in [0.15, 0.2) is 6.29 Å². The number of aldehydes is 1. The molecule has 21 heavy (non-hydrogen) atoms. The van der Waals surface area contributed by atoms with E-state index >= 15 is 0 Å². The number of ether oxygens (including phenoxy) is 2. The van der Waals surface area contributed by atoms with Crippen molar-refractivity contribution in [2.75, 3.05) is 7.11 Å². The fourth-order valence-electron chi connectivity index (χ4n) is 1.78. The highest BCUT2D eigenvalue weighted by Gasteiger charge is 2.09. The van der Waals surface area contributed by atoms with E-state index in [4.69, 9.17) is 16.3 Å². The monoisotopic (exact) mass is 304 g/mol. The van der Waals surface area contributed by atoms with Crippen LogP contribution in [0.1, 0.15) is 26.3 Å². The van der Waals surface area contributed by atoms with Gasteiger partial charge in [-0.05, 0) is 29.8 Å². The largest absolute Gasteiger partial charge is 0.487 e. The molecule has 2 aromatic carbocycles. The normalized spacial score (nSPS) is 10.0. The summed E-state index contributed by atoms with van der Waals surface area (Å²) in [5, 5.41) is 0.380. The predicted octanol–water partition coefficient (Wildman–Crippen LogP) is 3.52. The molecule has 0 saturated carbocycles. The second kappa shape index (κ2) is 6.90. The Morgan fingerprint density at radius 1 is 1.19 bits per heavy atom. The van der Waals surface area contributed by atoms with Crippen molar-refractivity contribution in [3.63, 3.8) is 0 Å². The third-order valence-corrected chi connectivity index (χ3v) is 3.18. The third-order valence-electron chi connectivity index (χ3n) is 2.88. The Morgan fingerprint density at radius 3 is 2.52 bits per heavy atom. The summed E-state index contributed by atoms with van der Waals surface area (Å²) < 4.78 is 10.2. The molecule has 0 saturated heterocycles. The van der Waals surface area contributed by atoms with E-state index in [-0.39, 0.29) is 6.61 Å². The zero-order chi connectivity index (χ0) is 15.2. The Morgan fingerprint density at radius 2 is 1.90 bits per heavy atom. The quantitative estimate of drug-likeness (QED) is 0.626. The van der Waals surface area contributed by atoms with Gasteiger partial charge in [0.25, 0.3) is 0 Å². The highest BCUT2D eigenvalue weighted by molar-refractivity contribution is 6.32. The van der Waals surface area contributed by atoms with Crippen LogP contribution in [0.25, 0.3) is 0 Å². The average molecular weight is 305 g/mol. The van der Waals surface area contributed by atoms with Crippen LogP contribution in [-0.2, 0) is 11.3 Å². The third kappa shape index (κ3) is 3.61. The minimum Gasteiger partial charge on any atom is -0.487 e. The number of hydrogen-bond donors (Lipinski definition) is 0. The fourth-order valence-corrected chi connectivity index (χ4v) is 2.02. The molecule has 0 fully saturated rings. The lowest BCUT2D eigenvalue weighted by atomic mass is 10.1. The van der Waals surface area contributed by atoms with Crippen LogP contribution < -0.4 is 4.74 Å². The lowest BCUT2D eigenvalue weighted by molar-refractivity contribution is 0.0600. The number of methoxy groups -OCH3 is 1. The summed E-state index contributed by atoms with van der Waals surface area (Å²) in [7, 11) is 1.33. The van der Waals surface area contributed by atoms with Gasteiger partial charge in [-0.3, -0.25) is 4.79 Å². The number of benzene rings is 2. The summed E-state index contributed by atoms with van der Waals surface area (Å²) in [6.45, 7) is 0.242. The van der Waals surface area contributed by atoms with Crippen molar-refractivity contribution < 1.29 is 19.1 Å². The van der Waals surface area contributed by atoms with Crippen LogP contribution >= 0.6 is 11.6 Å².